The van der Waals surface area contributed by atoms with Gasteiger partial charge >= 0.3 is 0 Å². The fraction of sp³-hybridized carbons (Fsp3) is 0. The van der Waals surface area contributed by atoms with Gasteiger partial charge in [-0.25, -0.2) is 4.39 Å². The lowest BCUT2D eigenvalue weighted by Gasteiger charge is -2.01. The van der Waals surface area contributed by atoms with Gasteiger partial charge in [0.05, 0.1) is 0 Å². The minimum absolute atomic E-state index is 0.114. The molecule has 1 aromatic carbocycles. The average Bonchev–Trinajstić information content (AvgIpc) is 2.61. The molecule has 0 radical (unpaired) electrons. The van der Waals surface area contributed by atoms with Crippen LogP contribution in [-0.2, 0) is 0 Å². The molecule has 0 aliphatic carbocycles. The topological polar surface area (TPSA) is 43.1 Å². The summed E-state index contributed by atoms with van der Waals surface area (Å²) < 4.78 is 14.4. The molecule has 0 N–H and O–H groups in total. The van der Waals surface area contributed by atoms with E-state index in [9.17, 15) is 4.39 Å². The molecular formula is C9H3Cl2FN4. The van der Waals surface area contributed by atoms with Crippen molar-refractivity contribution in [3.8, 4) is 0 Å². The van der Waals surface area contributed by atoms with Gasteiger partial charge in [0.1, 0.15) is 5.82 Å². The first kappa shape index (κ1) is 9.74. The monoisotopic (exact) mass is 256 g/mol. The second kappa shape index (κ2) is 3.26. The molecule has 0 amide bonds. The molecule has 2 heterocycles. The van der Waals surface area contributed by atoms with Crippen LogP contribution in [0.5, 0.6) is 0 Å². The Labute approximate surface area is 98.6 Å². The predicted molar refractivity (Wildman–Crippen MR) is 58.3 cm³/mol. The van der Waals surface area contributed by atoms with Crippen molar-refractivity contribution in [3.63, 3.8) is 0 Å². The largest absolute Gasteiger partial charge is 0.246 e. The van der Waals surface area contributed by atoms with E-state index in [0.717, 1.165) is 0 Å². The lowest BCUT2D eigenvalue weighted by molar-refractivity contribution is 0.629. The molecule has 3 aromatic rings. The molecule has 0 atom stereocenters. The maximum Gasteiger partial charge on any atom is 0.246 e. The number of rotatable bonds is 0. The minimum atomic E-state index is -0.383. The first-order valence-electron chi connectivity index (χ1n) is 4.32. The summed E-state index contributed by atoms with van der Waals surface area (Å²) >= 11 is 11.7. The summed E-state index contributed by atoms with van der Waals surface area (Å²) in [6, 6.07) is 4.19. The molecule has 0 unspecified atom stereocenters. The van der Waals surface area contributed by atoms with Crippen molar-refractivity contribution >= 4 is 39.6 Å². The van der Waals surface area contributed by atoms with Gasteiger partial charge in [0.2, 0.25) is 5.28 Å². The van der Waals surface area contributed by atoms with Crippen LogP contribution in [-0.4, -0.2) is 19.8 Å². The Hall–Kier alpha value is -1.46. The number of fused-ring (bicyclic) bond motifs is 3. The van der Waals surface area contributed by atoms with E-state index in [1.165, 1.54) is 16.6 Å². The third-order valence-corrected chi connectivity index (χ3v) is 2.75. The van der Waals surface area contributed by atoms with Crippen LogP contribution in [0.3, 0.4) is 0 Å². The summed E-state index contributed by atoms with van der Waals surface area (Å²) in [4.78, 5) is 0. The smallest absolute Gasteiger partial charge is 0.207 e. The van der Waals surface area contributed by atoms with Crippen LogP contribution in [0.2, 0.25) is 10.4 Å². The first-order chi connectivity index (χ1) is 7.66. The molecule has 80 valence electrons. The van der Waals surface area contributed by atoms with Gasteiger partial charge in [0.25, 0.3) is 0 Å². The zero-order valence-electron chi connectivity index (χ0n) is 7.65. The lowest BCUT2D eigenvalue weighted by Crippen LogP contribution is -1.94. The van der Waals surface area contributed by atoms with Gasteiger partial charge in [-0.05, 0) is 29.8 Å². The minimum Gasteiger partial charge on any atom is -0.207 e. The zero-order valence-corrected chi connectivity index (χ0v) is 9.17. The zero-order chi connectivity index (χ0) is 11.3. The Morgan fingerprint density at radius 2 is 1.94 bits per heavy atom. The third-order valence-electron chi connectivity index (χ3n) is 2.24. The Morgan fingerprint density at radius 3 is 2.75 bits per heavy atom. The maximum atomic E-state index is 13.1. The molecule has 0 saturated heterocycles. The van der Waals surface area contributed by atoms with E-state index in [2.05, 4.69) is 15.3 Å². The molecule has 16 heavy (non-hydrogen) atoms. The fourth-order valence-electron chi connectivity index (χ4n) is 1.54. The molecule has 0 aliphatic heterocycles. The van der Waals surface area contributed by atoms with Crippen LogP contribution in [0.4, 0.5) is 4.39 Å². The molecule has 0 bridgehead atoms. The van der Waals surface area contributed by atoms with Crippen molar-refractivity contribution in [2.75, 3.05) is 0 Å². The Morgan fingerprint density at radius 1 is 1.12 bits per heavy atom. The highest BCUT2D eigenvalue weighted by molar-refractivity contribution is 6.35. The standard InChI is InChI=1S/C9H3Cl2FN4/c10-7-6-3-4(12)1-2-5(6)8-13-14-9(11)16(8)15-7/h1-3H. The van der Waals surface area contributed by atoms with Crippen LogP contribution < -0.4 is 0 Å². The first-order valence-corrected chi connectivity index (χ1v) is 5.08. The highest BCUT2D eigenvalue weighted by Gasteiger charge is 2.12. The molecule has 0 saturated carbocycles. The van der Waals surface area contributed by atoms with Crippen molar-refractivity contribution in [2.45, 2.75) is 0 Å². The average molecular weight is 257 g/mol. The van der Waals surface area contributed by atoms with Gasteiger partial charge in [-0.15, -0.1) is 10.2 Å². The summed E-state index contributed by atoms with van der Waals surface area (Å²) in [6.45, 7) is 0. The predicted octanol–water partition coefficient (Wildman–Crippen LogP) is 2.72. The number of halogens is 3. The van der Waals surface area contributed by atoms with Crippen molar-refractivity contribution in [2.24, 2.45) is 0 Å². The Kier molecular flexibility index (Phi) is 1.99. The quantitative estimate of drug-likeness (QED) is 0.621. The fourth-order valence-corrected chi connectivity index (χ4v) is 1.93. The summed E-state index contributed by atoms with van der Waals surface area (Å²) in [5.41, 5.74) is 0.449. The van der Waals surface area contributed by atoms with Gasteiger partial charge < -0.3 is 0 Å². The number of hydrogen-bond acceptors (Lipinski definition) is 3. The summed E-state index contributed by atoms with van der Waals surface area (Å²) in [7, 11) is 0. The normalized spacial score (nSPS) is 11.4. The summed E-state index contributed by atoms with van der Waals surface area (Å²) in [5.74, 6) is -0.383. The molecule has 4 nitrogen and oxygen atoms in total. The molecule has 2 aromatic heterocycles. The van der Waals surface area contributed by atoms with Crippen molar-refractivity contribution in [1.82, 2.24) is 19.8 Å². The van der Waals surface area contributed by atoms with Gasteiger partial charge in [-0.2, -0.15) is 9.61 Å². The highest BCUT2D eigenvalue weighted by atomic mass is 35.5. The van der Waals surface area contributed by atoms with E-state index in [1.54, 1.807) is 6.07 Å². The van der Waals surface area contributed by atoms with E-state index in [4.69, 9.17) is 23.2 Å². The molecular weight excluding hydrogens is 254 g/mol. The Balaban J connectivity index is 2.60. The molecule has 7 heteroatoms. The van der Waals surface area contributed by atoms with Crippen molar-refractivity contribution in [3.05, 3.63) is 34.5 Å². The van der Waals surface area contributed by atoms with Crippen LogP contribution in [0.15, 0.2) is 18.2 Å². The molecule has 3 rings (SSSR count). The second-order valence-electron chi connectivity index (χ2n) is 3.19. The van der Waals surface area contributed by atoms with Gasteiger partial charge in [0, 0.05) is 10.8 Å². The third kappa shape index (κ3) is 1.25. The van der Waals surface area contributed by atoms with E-state index >= 15 is 0 Å². The SMILES string of the molecule is Fc1ccc2c(c1)c(Cl)nn1c(Cl)nnc21. The van der Waals surface area contributed by atoms with Crippen LogP contribution >= 0.6 is 23.2 Å². The number of nitrogens with zero attached hydrogens (tertiary/aromatic N) is 4. The molecule has 0 spiro atoms. The van der Waals surface area contributed by atoms with Crippen LogP contribution in [0.25, 0.3) is 16.4 Å². The lowest BCUT2D eigenvalue weighted by atomic mass is 10.2. The van der Waals surface area contributed by atoms with E-state index < -0.39 is 0 Å². The second-order valence-corrected chi connectivity index (χ2v) is 3.88. The van der Waals surface area contributed by atoms with Crippen LogP contribution in [0, 0.1) is 5.82 Å². The van der Waals surface area contributed by atoms with Crippen molar-refractivity contribution in [1.29, 1.82) is 0 Å². The molecule has 0 aliphatic rings. The van der Waals surface area contributed by atoms with Gasteiger partial charge in [-0.3, -0.25) is 0 Å². The molecule has 0 fully saturated rings. The summed E-state index contributed by atoms with van der Waals surface area (Å²) in [5, 5.41) is 12.9. The Bertz CT molecular complexity index is 709. The van der Waals surface area contributed by atoms with Gasteiger partial charge in [0.15, 0.2) is 10.8 Å². The summed E-state index contributed by atoms with van der Waals surface area (Å²) in [6.07, 6.45) is 0. The number of hydrogen-bond donors (Lipinski definition) is 0. The van der Waals surface area contributed by atoms with Crippen molar-refractivity contribution < 1.29 is 4.39 Å². The van der Waals surface area contributed by atoms with Crippen LogP contribution in [0.1, 0.15) is 0 Å². The van der Waals surface area contributed by atoms with Gasteiger partial charge in [-0.1, -0.05) is 11.6 Å². The highest BCUT2D eigenvalue weighted by Crippen LogP contribution is 2.26. The number of aromatic nitrogens is 4. The van der Waals surface area contributed by atoms with E-state index in [-0.39, 0.29) is 16.3 Å². The van der Waals surface area contributed by atoms with E-state index in [1.807, 2.05) is 0 Å². The number of benzene rings is 1. The maximum absolute atomic E-state index is 13.1. The van der Waals surface area contributed by atoms with E-state index in [0.29, 0.717) is 16.4 Å².